The zero-order chi connectivity index (χ0) is 6.53. The summed E-state index contributed by atoms with van der Waals surface area (Å²) in [4.78, 5) is 4.06. The summed E-state index contributed by atoms with van der Waals surface area (Å²) in [6, 6.07) is 0. The fourth-order valence-corrected chi connectivity index (χ4v) is 0.758. The second-order valence-electron chi connectivity index (χ2n) is 2.10. The SMILES string of the molecule is CCC1C=CC=CN=C1. The molecule has 0 amide bonds. The molecule has 1 aliphatic heterocycles. The van der Waals surface area contributed by atoms with Gasteiger partial charge in [0.15, 0.2) is 0 Å². The van der Waals surface area contributed by atoms with Crippen molar-refractivity contribution in [3.8, 4) is 0 Å². The van der Waals surface area contributed by atoms with E-state index in [2.05, 4.69) is 18.0 Å². The third-order valence-corrected chi connectivity index (χ3v) is 1.39. The minimum Gasteiger partial charge on any atom is -0.268 e. The lowest BCUT2D eigenvalue weighted by Gasteiger charge is -1.97. The molecule has 0 N–H and O–H groups in total. The van der Waals surface area contributed by atoms with Crippen LogP contribution in [-0.2, 0) is 0 Å². The van der Waals surface area contributed by atoms with Gasteiger partial charge in [-0.05, 0) is 12.5 Å². The van der Waals surface area contributed by atoms with Gasteiger partial charge in [0.2, 0.25) is 0 Å². The molecule has 0 radical (unpaired) electrons. The van der Waals surface area contributed by atoms with Crippen molar-refractivity contribution in [2.24, 2.45) is 10.9 Å². The summed E-state index contributed by atoms with van der Waals surface area (Å²) in [6.07, 6.45) is 11.1. The van der Waals surface area contributed by atoms with Gasteiger partial charge >= 0.3 is 0 Å². The summed E-state index contributed by atoms with van der Waals surface area (Å²) in [5, 5.41) is 0. The van der Waals surface area contributed by atoms with Crippen LogP contribution in [0.25, 0.3) is 0 Å². The van der Waals surface area contributed by atoms with Crippen molar-refractivity contribution in [1.82, 2.24) is 0 Å². The highest BCUT2D eigenvalue weighted by Crippen LogP contribution is 2.03. The lowest BCUT2D eigenvalue weighted by Crippen LogP contribution is -1.92. The van der Waals surface area contributed by atoms with E-state index in [1.165, 1.54) is 0 Å². The average Bonchev–Trinajstić information content (AvgIpc) is 2.13. The number of hydrogen-bond acceptors (Lipinski definition) is 1. The van der Waals surface area contributed by atoms with Crippen LogP contribution in [0.2, 0.25) is 0 Å². The zero-order valence-electron chi connectivity index (χ0n) is 5.62. The van der Waals surface area contributed by atoms with Crippen molar-refractivity contribution in [3.63, 3.8) is 0 Å². The Morgan fingerprint density at radius 1 is 1.44 bits per heavy atom. The Morgan fingerprint density at radius 3 is 3.11 bits per heavy atom. The zero-order valence-corrected chi connectivity index (χ0v) is 5.62. The molecule has 1 aliphatic rings. The summed E-state index contributed by atoms with van der Waals surface area (Å²) >= 11 is 0. The molecule has 0 bridgehead atoms. The number of nitrogens with zero attached hydrogens (tertiary/aromatic N) is 1. The van der Waals surface area contributed by atoms with Gasteiger partial charge in [-0.1, -0.05) is 19.1 Å². The predicted molar refractivity (Wildman–Crippen MR) is 40.6 cm³/mol. The van der Waals surface area contributed by atoms with Crippen LogP contribution in [0.5, 0.6) is 0 Å². The molecule has 48 valence electrons. The van der Waals surface area contributed by atoms with Gasteiger partial charge in [0.25, 0.3) is 0 Å². The predicted octanol–water partition coefficient (Wildman–Crippen LogP) is 2.17. The molecular formula is C8H11N. The fourth-order valence-electron chi connectivity index (χ4n) is 0.758. The van der Waals surface area contributed by atoms with Crippen molar-refractivity contribution in [2.45, 2.75) is 13.3 Å². The normalized spacial score (nSPS) is 24.3. The number of aliphatic imine (C=N–C) groups is 1. The van der Waals surface area contributed by atoms with Crippen molar-refractivity contribution < 1.29 is 0 Å². The van der Waals surface area contributed by atoms with E-state index in [4.69, 9.17) is 0 Å². The van der Waals surface area contributed by atoms with Gasteiger partial charge in [0.1, 0.15) is 0 Å². The molecule has 0 spiro atoms. The molecule has 0 aliphatic carbocycles. The van der Waals surface area contributed by atoms with Gasteiger partial charge in [-0.3, -0.25) is 4.99 Å². The van der Waals surface area contributed by atoms with Crippen LogP contribution in [-0.4, -0.2) is 6.21 Å². The van der Waals surface area contributed by atoms with Crippen LogP contribution >= 0.6 is 0 Å². The highest BCUT2D eigenvalue weighted by molar-refractivity contribution is 5.64. The van der Waals surface area contributed by atoms with E-state index < -0.39 is 0 Å². The Bertz CT molecular complexity index is 138. The minimum absolute atomic E-state index is 0.542. The number of rotatable bonds is 1. The molecule has 1 unspecified atom stereocenters. The fraction of sp³-hybridized carbons (Fsp3) is 0.375. The maximum Gasteiger partial charge on any atom is 0.0264 e. The van der Waals surface area contributed by atoms with Gasteiger partial charge in [0.05, 0.1) is 0 Å². The third-order valence-electron chi connectivity index (χ3n) is 1.39. The molecule has 1 atom stereocenters. The summed E-state index contributed by atoms with van der Waals surface area (Å²) in [6.45, 7) is 2.16. The summed E-state index contributed by atoms with van der Waals surface area (Å²) in [5.41, 5.74) is 0. The highest BCUT2D eigenvalue weighted by Gasteiger charge is 1.95. The first-order valence-corrected chi connectivity index (χ1v) is 3.30. The van der Waals surface area contributed by atoms with Gasteiger partial charge < -0.3 is 0 Å². The Morgan fingerprint density at radius 2 is 2.33 bits per heavy atom. The molecule has 0 fully saturated rings. The first kappa shape index (κ1) is 6.27. The standard InChI is InChI=1S/C8H11N/c1-2-8-5-3-4-6-9-7-8/h3-8H,2H2,1H3. The Kier molecular flexibility index (Phi) is 2.25. The molecule has 0 saturated carbocycles. The van der Waals surface area contributed by atoms with Gasteiger partial charge in [0, 0.05) is 18.3 Å². The number of hydrogen-bond donors (Lipinski definition) is 0. The van der Waals surface area contributed by atoms with Crippen LogP contribution in [0.4, 0.5) is 0 Å². The van der Waals surface area contributed by atoms with Gasteiger partial charge in [-0.25, -0.2) is 0 Å². The molecule has 0 aromatic rings. The second kappa shape index (κ2) is 3.23. The Balaban J connectivity index is 2.58. The number of allylic oxidation sites excluding steroid dienone is 3. The highest BCUT2D eigenvalue weighted by atomic mass is 14.7. The maximum atomic E-state index is 4.06. The lowest BCUT2D eigenvalue weighted by atomic mass is 10.1. The minimum atomic E-state index is 0.542. The van der Waals surface area contributed by atoms with Gasteiger partial charge in [-0.2, -0.15) is 0 Å². The molecule has 0 saturated heterocycles. The molecule has 0 aromatic heterocycles. The van der Waals surface area contributed by atoms with Gasteiger partial charge in [-0.15, -0.1) is 0 Å². The largest absolute Gasteiger partial charge is 0.268 e. The van der Waals surface area contributed by atoms with Crippen LogP contribution in [0.15, 0.2) is 29.4 Å². The van der Waals surface area contributed by atoms with Crippen LogP contribution in [0.3, 0.4) is 0 Å². The van der Waals surface area contributed by atoms with Crippen LogP contribution < -0.4 is 0 Å². The Labute approximate surface area is 55.8 Å². The molecule has 1 heteroatoms. The van der Waals surface area contributed by atoms with Crippen molar-refractivity contribution >= 4 is 6.21 Å². The van der Waals surface area contributed by atoms with E-state index >= 15 is 0 Å². The average molecular weight is 121 g/mol. The van der Waals surface area contributed by atoms with E-state index in [1.54, 1.807) is 0 Å². The van der Waals surface area contributed by atoms with E-state index in [1.807, 2.05) is 24.6 Å². The molecule has 0 aromatic carbocycles. The quantitative estimate of drug-likeness (QED) is 0.504. The summed E-state index contributed by atoms with van der Waals surface area (Å²) in [5.74, 6) is 0.542. The van der Waals surface area contributed by atoms with Crippen molar-refractivity contribution in [2.75, 3.05) is 0 Å². The first-order chi connectivity index (χ1) is 4.43. The summed E-state index contributed by atoms with van der Waals surface area (Å²) in [7, 11) is 0. The maximum absolute atomic E-state index is 4.06. The topological polar surface area (TPSA) is 12.4 Å². The first-order valence-electron chi connectivity index (χ1n) is 3.30. The molecular weight excluding hydrogens is 110 g/mol. The van der Waals surface area contributed by atoms with Crippen LogP contribution in [0, 0.1) is 5.92 Å². The molecule has 1 rings (SSSR count). The van der Waals surface area contributed by atoms with Crippen molar-refractivity contribution in [3.05, 3.63) is 24.4 Å². The monoisotopic (exact) mass is 121 g/mol. The molecule has 1 nitrogen and oxygen atoms in total. The Hall–Kier alpha value is -0.850. The van der Waals surface area contributed by atoms with Crippen LogP contribution in [0.1, 0.15) is 13.3 Å². The van der Waals surface area contributed by atoms with E-state index in [9.17, 15) is 0 Å². The van der Waals surface area contributed by atoms with E-state index in [0.29, 0.717) is 5.92 Å². The van der Waals surface area contributed by atoms with E-state index in [0.717, 1.165) is 6.42 Å². The van der Waals surface area contributed by atoms with E-state index in [-0.39, 0.29) is 0 Å². The third kappa shape index (κ3) is 1.84. The smallest absolute Gasteiger partial charge is 0.0264 e. The molecule has 1 heterocycles. The summed E-state index contributed by atoms with van der Waals surface area (Å²) < 4.78 is 0. The second-order valence-corrected chi connectivity index (χ2v) is 2.10. The molecule has 9 heavy (non-hydrogen) atoms. The lowest BCUT2D eigenvalue weighted by molar-refractivity contribution is 0.833. The van der Waals surface area contributed by atoms with Crippen molar-refractivity contribution in [1.29, 1.82) is 0 Å².